The van der Waals surface area contributed by atoms with Gasteiger partial charge in [0.2, 0.25) is 0 Å². The first-order valence-corrected chi connectivity index (χ1v) is 9.67. The first-order valence-electron chi connectivity index (χ1n) is 9.67. The number of para-hydroxylation sites is 1. The summed E-state index contributed by atoms with van der Waals surface area (Å²) in [5, 5.41) is 15.2. The number of nitrogens with one attached hydrogen (secondary N) is 2. The molecule has 0 saturated heterocycles. The molecule has 7 heteroatoms. The normalized spacial score (nSPS) is 12.7. The maximum Gasteiger partial charge on any atom is 0.191 e. The molecular weight excluding hydrogens is 338 g/mol. The first-order chi connectivity index (χ1) is 13.0. The third-order valence-corrected chi connectivity index (χ3v) is 4.72. The van der Waals surface area contributed by atoms with Crippen LogP contribution in [-0.2, 0) is 13.6 Å². The van der Waals surface area contributed by atoms with Crippen molar-refractivity contribution in [2.45, 2.75) is 46.2 Å². The molecule has 0 saturated carbocycles. The summed E-state index contributed by atoms with van der Waals surface area (Å²) >= 11 is 0. The second-order valence-electron chi connectivity index (χ2n) is 6.88. The number of rotatable bonds is 9. The summed E-state index contributed by atoms with van der Waals surface area (Å²) in [6.07, 6.45) is 2.07. The van der Waals surface area contributed by atoms with Crippen LogP contribution in [0.5, 0.6) is 0 Å². The Labute approximate surface area is 162 Å². The summed E-state index contributed by atoms with van der Waals surface area (Å²) in [6, 6.07) is 10.8. The number of hydrogen-bond donors (Lipinski definition) is 2. The Bertz CT molecular complexity index is 708. The van der Waals surface area contributed by atoms with E-state index in [1.807, 2.05) is 24.6 Å². The van der Waals surface area contributed by atoms with Crippen molar-refractivity contribution in [3.05, 3.63) is 42.0 Å². The van der Waals surface area contributed by atoms with Crippen LogP contribution in [0, 0.1) is 6.92 Å². The summed E-state index contributed by atoms with van der Waals surface area (Å²) in [5.74, 6) is 2.59. The van der Waals surface area contributed by atoms with Crippen molar-refractivity contribution >= 4 is 11.6 Å². The number of nitrogens with zero attached hydrogens (tertiary/aromatic N) is 5. The zero-order valence-electron chi connectivity index (χ0n) is 17.2. The van der Waals surface area contributed by atoms with E-state index in [2.05, 4.69) is 75.9 Å². The molecule has 1 heterocycles. The van der Waals surface area contributed by atoms with Gasteiger partial charge >= 0.3 is 0 Å². The fourth-order valence-corrected chi connectivity index (χ4v) is 2.56. The minimum Gasteiger partial charge on any atom is -0.375 e. The molecule has 0 fully saturated rings. The Morgan fingerprint density at radius 2 is 2.00 bits per heavy atom. The van der Waals surface area contributed by atoms with Gasteiger partial charge in [0.15, 0.2) is 11.8 Å². The predicted octanol–water partition coefficient (Wildman–Crippen LogP) is 2.48. The summed E-state index contributed by atoms with van der Waals surface area (Å²) in [6.45, 7) is 8.61. The largest absolute Gasteiger partial charge is 0.375 e. The lowest BCUT2D eigenvalue weighted by molar-refractivity contribution is 0.616. The number of anilines is 1. The van der Waals surface area contributed by atoms with Crippen molar-refractivity contribution in [1.82, 2.24) is 25.4 Å². The molecule has 0 spiro atoms. The molecule has 0 aliphatic rings. The zero-order valence-corrected chi connectivity index (χ0v) is 17.2. The minimum atomic E-state index is 0.365. The topological polar surface area (TPSA) is 70.4 Å². The molecule has 7 nitrogen and oxygen atoms in total. The number of aryl methyl sites for hydroxylation is 1. The fourth-order valence-electron chi connectivity index (χ4n) is 2.56. The maximum absolute atomic E-state index is 4.69. The summed E-state index contributed by atoms with van der Waals surface area (Å²) in [4.78, 5) is 6.96. The lowest BCUT2D eigenvalue weighted by Crippen LogP contribution is -2.43. The molecule has 2 N–H and O–H groups in total. The van der Waals surface area contributed by atoms with Crippen LogP contribution in [0.15, 0.2) is 35.3 Å². The molecule has 1 atom stereocenters. The second kappa shape index (κ2) is 10.5. The number of guanidine groups is 1. The minimum absolute atomic E-state index is 0.365. The highest BCUT2D eigenvalue weighted by Crippen LogP contribution is 2.10. The van der Waals surface area contributed by atoms with Gasteiger partial charge in [0.1, 0.15) is 12.4 Å². The summed E-state index contributed by atoms with van der Waals surface area (Å²) in [5.41, 5.74) is 1.24. The van der Waals surface area contributed by atoms with Crippen molar-refractivity contribution in [2.75, 3.05) is 25.0 Å². The van der Waals surface area contributed by atoms with Crippen molar-refractivity contribution in [3.8, 4) is 0 Å². The summed E-state index contributed by atoms with van der Waals surface area (Å²) < 4.78 is 1.97. The first kappa shape index (κ1) is 20.7. The van der Waals surface area contributed by atoms with Crippen LogP contribution < -0.4 is 15.5 Å². The van der Waals surface area contributed by atoms with Gasteiger partial charge in [0, 0.05) is 38.9 Å². The van der Waals surface area contributed by atoms with Crippen molar-refractivity contribution in [1.29, 1.82) is 0 Å². The van der Waals surface area contributed by atoms with E-state index in [-0.39, 0.29) is 0 Å². The van der Waals surface area contributed by atoms with Crippen LogP contribution in [0.25, 0.3) is 0 Å². The van der Waals surface area contributed by atoms with Gasteiger partial charge in [-0.05, 0) is 38.8 Å². The molecular formula is C20H33N7. The number of aromatic nitrogens is 3. The van der Waals surface area contributed by atoms with Gasteiger partial charge in [-0.3, -0.25) is 0 Å². The molecule has 0 bridgehead atoms. The van der Waals surface area contributed by atoms with Gasteiger partial charge in [0.25, 0.3) is 0 Å². The molecule has 2 aromatic rings. The highest BCUT2D eigenvalue weighted by Gasteiger charge is 2.07. The van der Waals surface area contributed by atoms with Gasteiger partial charge in [-0.25, -0.2) is 4.99 Å². The molecule has 0 radical (unpaired) electrons. The Morgan fingerprint density at radius 3 is 2.63 bits per heavy atom. The van der Waals surface area contributed by atoms with Gasteiger partial charge in [-0.2, -0.15) is 0 Å². The van der Waals surface area contributed by atoms with Crippen LogP contribution in [0.2, 0.25) is 0 Å². The lowest BCUT2D eigenvalue weighted by atomic mass is 10.2. The Kier molecular flexibility index (Phi) is 8.10. The summed E-state index contributed by atoms with van der Waals surface area (Å²) in [7, 11) is 4.09. The molecule has 0 aliphatic heterocycles. The van der Waals surface area contributed by atoms with Gasteiger partial charge < -0.3 is 20.1 Å². The van der Waals surface area contributed by atoms with Crippen LogP contribution >= 0.6 is 0 Å². The molecule has 1 unspecified atom stereocenters. The molecule has 0 aliphatic carbocycles. The zero-order chi connectivity index (χ0) is 19.6. The Balaban J connectivity index is 1.86. The number of benzene rings is 1. The van der Waals surface area contributed by atoms with Crippen LogP contribution in [0.4, 0.5) is 5.69 Å². The van der Waals surface area contributed by atoms with Crippen molar-refractivity contribution in [2.24, 2.45) is 12.0 Å². The van der Waals surface area contributed by atoms with E-state index in [0.29, 0.717) is 12.6 Å². The van der Waals surface area contributed by atoms with Crippen LogP contribution in [-0.4, -0.2) is 46.9 Å². The molecule has 0 amide bonds. The highest BCUT2D eigenvalue weighted by molar-refractivity contribution is 5.80. The molecule has 1 aromatic heterocycles. The van der Waals surface area contributed by atoms with Crippen molar-refractivity contribution < 1.29 is 0 Å². The fraction of sp³-hybridized carbons (Fsp3) is 0.550. The number of hydrogen-bond acceptors (Lipinski definition) is 4. The molecule has 2 rings (SSSR count). The van der Waals surface area contributed by atoms with Gasteiger partial charge in [-0.1, -0.05) is 25.1 Å². The smallest absolute Gasteiger partial charge is 0.191 e. The van der Waals surface area contributed by atoms with Crippen LogP contribution in [0.3, 0.4) is 0 Å². The van der Waals surface area contributed by atoms with E-state index in [0.717, 1.165) is 43.5 Å². The predicted molar refractivity (Wildman–Crippen MR) is 112 cm³/mol. The monoisotopic (exact) mass is 371 g/mol. The van der Waals surface area contributed by atoms with E-state index in [1.54, 1.807) is 0 Å². The number of aliphatic imine (C=N–C) groups is 1. The van der Waals surface area contributed by atoms with Gasteiger partial charge in [0.05, 0.1) is 0 Å². The Morgan fingerprint density at radius 1 is 1.26 bits per heavy atom. The van der Waals surface area contributed by atoms with E-state index < -0.39 is 0 Å². The molecule has 148 valence electrons. The maximum atomic E-state index is 4.69. The SMILES string of the molecule is CCC(C)NC(=NCc1nnc(C)n1C)NCCCN(C)c1ccccc1. The quantitative estimate of drug-likeness (QED) is 0.403. The van der Waals surface area contributed by atoms with E-state index in [9.17, 15) is 0 Å². The van der Waals surface area contributed by atoms with E-state index in [4.69, 9.17) is 0 Å². The van der Waals surface area contributed by atoms with E-state index in [1.165, 1.54) is 5.69 Å². The molecule has 27 heavy (non-hydrogen) atoms. The lowest BCUT2D eigenvalue weighted by Gasteiger charge is -2.20. The van der Waals surface area contributed by atoms with Crippen molar-refractivity contribution in [3.63, 3.8) is 0 Å². The average Bonchev–Trinajstić information content (AvgIpc) is 3.01. The van der Waals surface area contributed by atoms with E-state index >= 15 is 0 Å². The van der Waals surface area contributed by atoms with Crippen LogP contribution in [0.1, 0.15) is 38.3 Å². The average molecular weight is 372 g/mol. The van der Waals surface area contributed by atoms with Gasteiger partial charge in [-0.15, -0.1) is 10.2 Å². The third kappa shape index (κ3) is 6.58. The third-order valence-electron chi connectivity index (χ3n) is 4.72. The highest BCUT2D eigenvalue weighted by atomic mass is 15.3. The Hall–Kier alpha value is -2.57. The second-order valence-corrected chi connectivity index (χ2v) is 6.88. The standard InChI is InChI=1S/C20H33N7/c1-6-16(2)23-20(22-15-19-25-24-17(3)27(19)5)21-13-10-14-26(4)18-11-8-7-9-12-18/h7-9,11-12,16H,6,10,13-15H2,1-5H3,(H2,21,22,23). The molecule has 1 aromatic carbocycles.